The number of fused-ring (bicyclic) bond motifs is 3. The minimum atomic E-state index is -0.228. The number of amides is 1. The SMILES string of the molecule is C[C@H]1CCc2c(sc3ncn(CC(=O)N[C@@H](C)c4cccc(Cl)c4)c(=O)c23)C1. The van der Waals surface area contributed by atoms with E-state index in [1.165, 1.54) is 15.8 Å². The average molecular weight is 416 g/mol. The Morgan fingerprint density at radius 2 is 2.29 bits per heavy atom. The van der Waals surface area contributed by atoms with Crippen molar-refractivity contribution in [1.29, 1.82) is 0 Å². The van der Waals surface area contributed by atoms with E-state index in [0.29, 0.717) is 16.3 Å². The zero-order valence-electron chi connectivity index (χ0n) is 15.9. The molecule has 7 heteroatoms. The number of thiophene rings is 1. The number of carbonyl (C=O) groups excluding carboxylic acids is 1. The maximum absolute atomic E-state index is 13.0. The molecular formula is C21H22ClN3O2S. The summed E-state index contributed by atoms with van der Waals surface area (Å²) in [6, 6.07) is 7.18. The lowest BCUT2D eigenvalue weighted by Gasteiger charge is -2.17. The zero-order chi connectivity index (χ0) is 19.8. The van der Waals surface area contributed by atoms with Crippen molar-refractivity contribution in [1.82, 2.24) is 14.9 Å². The highest BCUT2D eigenvalue weighted by atomic mass is 35.5. The van der Waals surface area contributed by atoms with Crippen LogP contribution >= 0.6 is 22.9 Å². The van der Waals surface area contributed by atoms with Crippen LogP contribution in [0.5, 0.6) is 0 Å². The van der Waals surface area contributed by atoms with Crippen molar-refractivity contribution in [2.45, 2.75) is 45.7 Å². The Kier molecular flexibility index (Phi) is 5.25. The fraction of sp³-hybridized carbons (Fsp3) is 0.381. The summed E-state index contributed by atoms with van der Waals surface area (Å²) in [7, 11) is 0. The molecule has 0 spiro atoms. The van der Waals surface area contributed by atoms with Crippen LogP contribution in [0, 0.1) is 5.92 Å². The number of hydrogen-bond donors (Lipinski definition) is 1. The molecule has 2 aromatic heterocycles. The Balaban J connectivity index is 1.55. The first-order chi connectivity index (χ1) is 13.4. The van der Waals surface area contributed by atoms with Gasteiger partial charge in [-0.05, 0) is 55.4 Å². The van der Waals surface area contributed by atoms with E-state index in [9.17, 15) is 9.59 Å². The molecular weight excluding hydrogens is 394 g/mol. The normalized spacial score (nSPS) is 17.3. The van der Waals surface area contributed by atoms with Crippen LogP contribution in [0.1, 0.15) is 42.3 Å². The summed E-state index contributed by atoms with van der Waals surface area (Å²) in [5.41, 5.74) is 1.93. The van der Waals surface area contributed by atoms with Gasteiger partial charge >= 0.3 is 0 Å². The Morgan fingerprint density at radius 3 is 3.07 bits per heavy atom. The Hall–Kier alpha value is -2.18. The summed E-state index contributed by atoms with van der Waals surface area (Å²) in [4.78, 5) is 32.0. The maximum Gasteiger partial charge on any atom is 0.262 e. The Labute approximate surface area is 172 Å². The molecule has 0 bridgehead atoms. The number of carbonyl (C=O) groups is 1. The van der Waals surface area contributed by atoms with Gasteiger partial charge in [0.05, 0.1) is 17.8 Å². The highest BCUT2D eigenvalue weighted by Crippen LogP contribution is 2.35. The molecule has 1 aliphatic rings. The maximum atomic E-state index is 13.0. The summed E-state index contributed by atoms with van der Waals surface area (Å²) < 4.78 is 1.41. The Bertz CT molecular complexity index is 1100. The third-order valence-electron chi connectivity index (χ3n) is 5.32. The van der Waals surface area contributed by atoms with E-state index in [4.69, 9.17) is 11.6 Å². The van der Waals surface area contributed by atoms with E-state index >= 15 is 0 Å². The third-order valence-corrected chi connectivity index (χ3v) is 6.72. The van der Waals surface area contributed by atoms with Crippen LogP contribution in [-0.2, 0) is 24.2 Å². The molecule has 0 radical (unpaired) electrons. The molecule has 146 valence electrons. The molecule has 28 heavy (non-hydrogen) atoms. The van der Waals surface area contributed by atoms with Gasteiger partial charge in [0.2, 0.25) is 5.91 Å². The van der Waals surface area contributed by atoms with Crippen LogP contribution in [0.2, 0.25) is 5.02 Å². The number of nitrogens with one attached hydrogen (secondary N) is 1. The molecule has 1 amide bonds. The largest absolute Gasteiger partial charge is 0.348 e. The van der Waals surface area contributed by atoms with Crippen LogP contribution < -0.4 is 10.9 Å². The molecule has 0 fully saturated rings. The lowest BCUT2D eigenvalue weighted by molar-refractivity contribution is -0.122. The third kappa shape index (κ3) is 3.71. The van der Waals surface area contributed by atoms with Crippen molar-refractivity contribution in [3.05, 3.63) is 62.0 Å². The van der Waals surface area contributed by atoms with Crippen LogP contribution in [0.15, 0.2) is 35.4 Å². The lowest BCUT2D eigenvalue weighted by Crippen LogP contribution is -2.34. The average Bonchev–Trinajstić information content (AvgIpc) is 3.02. The summed E-state index contributed by atoms with van der Waals surface area (Å²) in [5, 5.41) is 4.25. The first-order valence-electron chi connectivity index (χ1n) is 9.47. The summed E-state index contributed by atoms with van der Waals surface area (Å²) in [6.07, 6.45) is 4.49. The predicted molar refractivity (Wildman–Crippen MR) is 113 cm³/mol. The number of rotatable bonds is 4. The van der Waals surface area contributed by atoms with E-state index in [1.807, 2.05) is 25.1 Å². The van der Waals surface area contributed by atoms with Gasteiger partial charge in [0.15, 0.2) is 0 Å². The lowest BCUT2D eigenvalue weighted by atomic mass is 9.89. The first-order valence-corrected chi connectivity index (χ1v) is 10.7. The van der Waals surface area contributed by atoms with Crippen molar-refractivity contribution >= 4 is 39.1 Å². The minimum Gasteiger partial charge on any atom is -0.348 e. The molecule has 0 unspecified atom stereocenters. The van der Waals surface area contributed by atoms with Crippen LogP contribution in [0.25, 0.3) is 10.2 Å². The number of halogens is 1. The van der Waals surface area contributed by atoms with E-state index in [0.717, 1.165) is 35.2 Å². The van der Waals surface area contributed by atoms with Crippen molar-refractivity contribution in [3.63, 3.8) is 0 Å². The summed E-state index contributed by atoms with van der Waals surface area (Å²) >= 11 is 7.64. The monoisotopic (exact) mass is 415 g/mol. The van der Waals surface area contributed by atoms with Gasteiger partial charge in [-0.15, -0.1) is 11.3 Å². The molecule has 2 heterocycles. The van der Waals surface area contributed by atoms with Gasteiger partial charge in [-0.1, -0.05) is 30.7 Å². The molecule has 0 saturated heterocycles. The fourth-order valence-electron chi connectivity index (χ4n) is 3.78. The second-order valence-corrected chi connectivity index (χ2v) is 9.07. The summed E-state index contributed by atoms with van der Waals surface area (Å²) in [6.45, 7) is 4.09. The number of nitrogens with zero attached hydrogens (tertiary/aromatic N) is 2. The molecule has 0 aliphatic heterocycles. The van der Waals surface area contributed by atoms with Gasteiger partial charge in [0.25, 0.3) is 5.56 Å². The van der Waals surface area contributed by atoms with Crippen LogP contribution in [0.4, 0.5) is 0 Å². The fourth-order valence-corrected chi connectivity index (χ4v) is 5.32. The summed E-state index contributed by atoms with van der Waals surface area (Å²) in [5.74, 6) is 0.412. The topological polar surface area (TPSA) is 64.0 Å². The van der Waals surface area contributed by atoms with E-state index in [2.05, 4.69) is 17.2 Å². The van der Waals surface area contributed by atoms with Gasteiger partial charge in [-0.25, -0.2) is 4.98 Å². The molecule has 4 rings (SSSR count). The smallest absolute Gasteiger partial charge is 0.262 e. The molecule has 1 aromatic carbocycles. The second kappa shape index (κ2) is 7.68. The molecule has 0 saturated carbocycles. The van der Waals surface area contributed by atoms with E-state index < -0.39 is 0 Å². The molecule has 3 aromatic rings. The quantitative estimate of drug-likeness (QED) is 0.697. The highest BCUT2D eigenvalue weighted by molar-refractivity contribution is 7.18. The van der Waals surface area contributed by atoms with E-state index in [-0.39, 0.29) is 24.1 Å². The second-order valence-electron chi connectivity index (χ2n) is 7.55. The number of aryl methyl sites for hydroxylation is 1. The first kappa shape index (κ1) is 19.2. The molecule has 2 atom stereocenters. The van der Waals surface area contributed by atoms with Crippen molar-refractivity contribution in [2.24, 2.45) is 5.92 Å². The zero-order valence-corrected chi connectivity index (χ0v) is 17.4. The number of hydrogen-bond acceptors (Lipinski definition) is 4. The van der Waals surface area contributed by atoms with Gasteiger partial charge in [0, 0.05) is 9.90 Å². The standard InChI is InChI=1S/C21H22ClN3O2S/c1-12-6-7-16-17(8-12)28-20-19(16)21(27)25(11-23-20)10-18(26)24-13(2)14-4-3-5-15(22)9-14/h3-5,9,11-13H,6-8,10H2,1-2H3,(H,24,26)/t12-,13-/m0/s1. The van der Waals surface area contributed by atoms with Gasteiger partial charge in [-0.3, -0.25) is 14.2 Å². The van der Waals surface area contributed by atoms with Crippen molar-refractivity contribution in [2.75, 3.05) is 0 Å². The van der Waals surface area contributed by atoms with Gasteiger partial charge < -0.3 is 5.32 Å². The van der Waals surface area contributed by atoms with Gasteiger partial charge in [0.1, 0.15) is 11.4 Å². The molecule has 1 aliphatic carbocycles. The van der Waals surface area contributed by atoms with Crippen molar-refractivity contribution < 1.29 is 4.79 Å². The van der Waals surface area contributed by atoms with E-state index in [1.54, 1.807) is 17.4 Å². The Morgan fingerprint density at radius 1 is 1.46 bits per heavy atom. The number of aromatic nitrogens is 2. The minimum absolute atomic E-state index is 0.0479. The molecule has 1 N–H and O–H groups in total. The van der Waals surface area contributed by atoms with Crippen LogP contribution in [-0.4, -0.2) is 15.5 Å². The molecule has 5 nitrogen and oxygen atoms in total. The predicted octanol–water partition coefficient (Wildman–Crippen LogP) is 4.11. The van der Waals surface area contributed by atoms with Gasteiger partial charge in [-0.2, -0.15) is 0 Å². The van der Waals surface area contributed by atoms with Crippen molar-refractivity contribution in [3.8, 4) is 0 Å². The van der Waals surface area contributed by atoms with Crippen LogP contribution in [0.3, 0.4) is 0 Å². The highest BCUT2D eigenvalue weighted by Gasteiger charge is 2.23. The number of benzene rings is 1.